The zero-order chi connectivity index (χ0) is 16.3. The molecule has 0 N–H and O–H groups in total. The lowest BCUT2D eigenvalue weighted by molar-refractivity contribution is -0.138. The Balaban J connectivity index is 2.08. The molecule has 0 aromatic heterocycles. The molecule has 1 heterocycles. The molecule has 3 nitrogen and oxygen atoms in total. The summed E-state index contributed by atoms with van der Waals surface area (Å²) in [6, 6.07) is 5.08. The molecule has 0 saturated carbocycles. The molecule has 0 radical (unpaired) electrons. The number of benzene rings is 1. The first-order chi connectivity index (χ1) is 10.3. The van der Waals surface area contributed by atoms with E-state index < -0.39 is 17.8 Å². The third kappa shape index (κ3) is 3.80. The number of carbonyl (C=O) groups excluding carboxylic acids is 1. The van der Waals surface area contributed by atoms with Crippen molar-refractivity contribution >= 4 is 5.91 Å². The fraction of sp³-hybridized carbons (Fsp3) is 0.562. The molecule has 1 aliphatic heterocycles. The van der Waals surface area contributed by atoms with Crippen LogP contribution in [0.15, 0.2) is 24.3 Å². The number of hydrogen-bond acceptors (Lipinski definition) is 2. The van der Waals surface area contributed by atoms with Crippen molar-refractivity contribution in [3.8, 4) is 0 Å². The van der Waals surface area contributed by atoms with Crippen LogP contribution < -0.4 is 0 Å². The predicted molar refractivity (Wildman–Crippen MR) is 78.2 cm³/mol. The maximum absolute atomic E-state index is 13.0. The van der Waals surface area contributed by atoms with Crippen LogP contribution >= 0.6 is 0 Å². The minimum atomic E-state index is -4.38. The first-order valence-electron chi connectivity index (χ1n) is 7.45. The van der Waals surface area contributed by atoms with Crippen molar-refractivity contribution in [3.63, 3.8) is 0 Å². The summed E-state index contributed by atoms with van der Waals surface area (Å²) in [7, 11) is 1.69. The van der Waals surface area contributed by atoms with Gasteiger partial charge < -0.3 is 4.90 Å². The van der Waals surface area contributed by atoms with Crippen molar-refractivity contribution in [1.82, 2.24) is 9.80 Å². The summed E-state index contributed by atoms with van der Waals surface area (Å²) in [4.78, 5) is 15.8. The minimum Gasteiger partial charge on any atom is -0.341 e. The van der Waals surface area contributed by atoms with Gasteiger partial charge in [0, 0.05) is 19.6 Å². The third-order valence-corrected chi connectivity index (χ3v) is 4.18. The molecule has 1 amide bonds. The highest BCUT2D eigenvalue weighted by Crippen LogP contribution is 2.32. The lowest BCUT2D eigenvalue weighted by Gasteiger charge is -2.28. The van der Waals surface area contributed by atoms with Crippen LogP contribution in [0.2, 0.25) is 0 Å². The van der Waals surface area contributed by atoms with Gasteiger partial charge in [-0.15, -0.1) is 0 Å². The van der Waals surface area contributed by atoms with Crippen LogP contribution in [0.25, 0.3) is 0 Å². The number of halogens is 3. The molecule has 0 bridgehead atoms. The van der Waals surface area contributed by atoms with Gasteiger partial charge in [0.15, 0.2) is 0 Å². The van der Waals surface area contributed by atoms with Gasteiger partial charge in [0.1, 0.15) is 0 Å². The average Bonchev–Trinajstić information content (AvgIpc) is 2.99. The molecule has 1 saturated heterocycles. The monoisotopic (exact) mass is 314 g/mol. The highest BCUT2D eigenvalue weighted by molar-refractivity contribution is 5.81. The summed E-state index contributed by atoms with van der Waals surface area (Å²) < 4.78 is 39.0. The first kappa shape index (κ1) is 16.8. The predicted octanol–water partition coefficient (Wildman–Crippen LogP) is 3.15. The number of alkyl halides is 3. The van der Waals surface area contributed by atoms with E-state index >= 15 is 0 Å². The van der Waals surface area contributed by atoms with Gasteiger partial charge in [-0.3, -0.25) is 9.69 Å². The summed E-state index contributed by atoms with van der Waals surface area (Å²) in [6.07, 6.45) is -2.38. The van der Waals surface area contributed by atoms with Gasteiger partial charge in [-0.2, -0.15) is 13.2 Å². The van der Waals surface area contributed by atoms with E-state index in [0.29, 0.717) is 0 Å². The zero-order valence-electron chi connectivity index (χ0n) is 12.9. The SMILES string of the molecule is CC(C(=O)N1CCCC1)N(C)Cc1ccccc1C(F)(F)F. The maximum Gasteiger partial charge on any atom is 0.416 e. The standard InChI is InChI=1S/C16H21F3N2O/c1-12(15(22)21-9-5-6-10-21)20(2)11-13-7-3-4-8-14(13)16(17,18)19/h3-4,7-8,12H,5-6,9-11H2,1-2H3. The van der Waals surface area contributed by atoms with E-state index in [2.05, 4.69) is 0 Å². The van der Waals surface area contributed by atoms with E-state index in [1.54, 1.807) is 29.8 Å². The van der Waals surface area contributed by atoms with Gasteiger partial charge in [-0.05, 0) is 38.4 Å². The van der Waals surface area contributed by atoms with E-state index in [4.69, 9.17) is 0 Å². The molecule has 122 valence electrons. The summed E-state index contributed by atoms with van der Waals surface area (Å²) in [6.45, 7) is 3.33. The molecule has 1 atom stereocenters. The van der Waals surface area contributed by atoms with Crippen molar-refractivity contribution < 1.29 is 18.0 Å². The van der Waals surface area contributed by atoms with Crippen LogP contribution in [-0.4, -0.2) is 41.9 Å². The second kappa shape index (κ2) is 6.69. The van der Waals surface area contributed by atoms with Crippen molar-refractivity contribution in [2.75, 3.05) is 20.1 Å². The first-order valence-corrected chi connectivity index (χ1v) is 7.45. The summed E-state index contributed by atoms with van der Waals surface area (Å²) in [5, 5.41) is 0. The molecule has 1 aromatic rings. The molecular weight excluding hydrogens is 293 g/mol. The molecule has 1 unspecified atom stereocenters. The van der Waals surface area contributed by atoms with E-state index in [-0.39, 0.29) is 18.0 Å². The Morgan fingerprint density at radius 3 is 2.45 bits per heavy atom. The van der Waals surface area contributed by atoms with Crippen LogP contribution in [0.1, 0.15) is 30.9 Å². The Morgan fingerprint density at radius 2 is 1.86 bits per heavy atom. The number of rotatable bonds is 4. The number of nitrogens with zero attached hydrogens (tertiary/aromatic N) is 2. The fourth-order valence-electron chi connectivity index (χ4n) is 2.73. The Hall–Kier alpha value is -1.56. The number of carbonyl (C=O) groups is 1. The largest absolute Gasteiger partial charge is 0.416 e. The highest BCUT2D eigenvalue weighted by Gasteiger charge is 2.34. The van der Waals surface area contributed by atoms with Gasteiger partial charge in [0.25, 0.3) is 0 Å². The summed E-state index contributed by atoms with van der Waals surface area (Å²) >= 11 is 0. The third-order valence-electron chi connectivity index (χ3n) is 4.18. The number of likely N-dealkylation sites (tertiary alicyclic amines) is 1. The van der Waals surface area contributed by atoms with Gasteiger partial charge in [0.2, 0.25) is 5.91 Å². The molecule has 2 rings (SSSR count). The Morgan fingerprint density at radius 1 is 1.27 bits per heavy atom. The highest BCUT2D eigenvalue weighted by atomic mass is 19.4. The molecule has 1 fully saturated rings. The lowest BCUT2D eigenvalue weighted by atomic mass is 10.1. The molecule has 0 aliphatic carbocycles. The van der Waals surface area contributed by atoms with Crippen LogP contribution in [0.3, 0.4) is 0 Å². The van der Waals surface area contributed by atoms with Crippen LogP contribution in [0.4, 0.5) is 13.2 Å². The second-order valence-corrected chi connectivity index (χ2v) is 5.78. The van der Waals surface area contributed by atoms with E-state index in [9.17, 15) is 18.0 Å². The Kier molecular flexibility index (Phi) is 5.11. The Bertz CT molecular complexity index is 524. The second-order valence-electron chi connectivity index (χ2n) is 5.78. The van der Waals surface area contributed by atoms with Crippen LogP contribution in [0, 0.1) is 0 Å². The van der Waals surface area contributed by atoms with E-state index in [1.807, 2.05) is 0 Å². The van der Waals surface area contributed by atoms with Gasteiger partial charge in [-0.1, -0.05) is 18.2 Å². The van der Waals surface area contributed by atoms with E-state index in [0.717, 1.165) is 32.0 Å². The Labute approximate surface area is 128 Å². The number of hydrogen-bond donors (Lipinski definition) is 0. The smallest absolute Gasteiger partial charge is 0.341 e. The molecule has 0 spiro atoms. The van der Waals surface area contributed by atoms with Crippen molar-refractivity contribution in [3.05, 3.63) is 35.4 Å². The minimum absolute atomic E-state index is 0.00973. The van der Waals surface area contributed by atoms with Crippen molar-refractivity contribution in [2.24, 2.45) is 0 Å². The maximum atomic E-state index is 13.0. The molecule has 1 aliphatic rings. The van der Waals surface area contributed by atoms with Crippen LogP contribution in [0.5, 0.6) is 0 Å². The lowest BCUT2D eigenvalue weighted by Crippen LogP contribution is -2.44. The molecule has 1 aromatic carbocycles. The normalized spacial score (nSPS) is 17.1. The average molecular weight is 314 g/mol. The van der Waals surface area contributed by atoms with Crippen molar-refractivity contribution in [2.45, 2.75) is 38.5 Å². The summed E-state index contributed by atoms with van der Waals surface area (Å²) in [5.41, 5.74) is -0.443. The number of amides is 1. The molecular formula is C16H21F3N2O. The van der Waals surface area contributed by atoms with Gasteiger partial charge in [0.05, 0.1) is 11.6 Å². The molecule has 6 heteroatoms. The van der Waals surface area contributed by atoms with Crippen molar-refractivity contribution in [1.29, 1.82) is 0 Å². The van der Waals surface area contributed by atoms with E-state index in [1.165, 1.54) is 12.1 Å². The quantitative estimate of drug-likeness (QED) is 0.852. The van der Waals surface area contributed by atoms with Crippen LogP contribution in [-0.2, 0) is 17.5 Å². The van der Waals surface area contributed by atoms with Gasteiger partial charge in [-0.25, -0.2) is 0 Å². The van der Waals surface area contributed by atoms with Gasteiger partial charge >= 0.3 is 6.18 Å². The molecule has 22 heavy (non-hydrogen) atoms. The number of likely N-dealkylation sites (N-methyl/N-ethyl adjacent to an activating group) is 1. The fourth-order valence-corrected chi connectivity index (χ4v) is 2.73. The summed E-state index contributed by atoms with van der Waals surface area (Å²) in [5.74, 6) is -0.00973. The zero-order valence-corrected chi connectivity index (χ0v) is 12.9. The topological polar surface area (TPSA) is 23.6 Å².